The van der Waals surface area contributed by atoms with Gasteiger partial charge in [0.05, 0.1) is 0 Å². The lowest BCUT2D eigenvalue weighted by Crippen LogP contribution is -2.16. The SMILES string of the molecule is F[B-](F)(F)CS. The molecular weight excluding hydrogens is 112 g/mol. The third kappa shape index (κ3) is 4.20. The predicted molar refractivity (Wildman–Crippen MR) is 22.9 cm³/mol. The van der Waals surface area contributed by atoms with Crippen LogP contribution in [0.5, 0.6) is 0 Å². The Bertz CT molecular complexity index is 40.5. The van der Waals surface area contributed by atoms with Gasteiger partial charge in [0.1, 0.15) is 0 Å². The van der Waals surface area contributed by atoms with Crippen LogP contribution in [0.4, 0.5) is 12.9 Å². The first kappa shape index (κ1) is 6.20. The summed E-state index contributed by atoms with van der Waals surface area (Å²) in [5.41, 5.74) is -0.972. The number of halogens is 3. The Balaban J connectivity index is 3.17. The molecular formula is CH3BF3S-. The van der Waals surface area contributed by atoms with Gasteiger partial charge in [-0.2, -0.15) is 0 Å². The maximum atomic E-state index is 10.8. The average Bonchev–Trinajstić information content (AvgIpc) is 1.35. The molecule has 0 amide bonds. The molecule has 0 heterocycles. The molecule has 0 N–H and O–H groups in total. The smallest absolute Gasteiger partial charge is 0.448 e. The molecule has 0 saturated heterocycles. The first-order chi connectivity index (χ1) is 2.56. The molecule has 0 aliphatic carbocycles. The van der Waals surface area contributed by atoms with Crippen LogP contribution in [0.3, 0.4) is 0 Å². The van der Waals surface area contributed by atoms with E-state index < -0.39 is 12.6 Å². The van der Waals surface area contributed by atoms with Gasteiger partial charge in [-0.15, -0.1) is 0 Å². The van der Waals surface area contributed by atoms with Crippen LogP contribution in [0.25, 0.3) is 0 Å². The van der Waals surface area contributed by atoms with Gasteiger partial charge in [-0.1, -0.05) is 0 Å². The summed E-state index contributed by atoms with van der Waals surface area (Å²) in [4.78, 5) is 0. The van der Waals surface area contributed by atoms with Gasteiger partial charge in [-0.05, 0) is 5.65 Å². The largest absolute Gasteiger partial charge is 0.487 e. The van der Waals surface area contributed by atoms with Crippen molar-refractivity contribution in [2.75, 3.05) is 5.65 Å². The molecule has 0 spiro atoms. The fourth-order valence-electron chi connectivity index (χ4n) is 0. The third-order valence-corrected chi connectivity index (χ3v) is 0.621. The Labute approximate surface area is 39.2 Å². The average molecular weight is 115 g/mol. The van der Waals surface area contributed by atoms with Gasteiger partial charge < -0.3 is 12.9 Å². The molecule has 0 nitrogen and oxygen atoms in total. The molecule has 0 unspecified atom stereocenters. The summed E-state index contributed by atoms with van der Waals surface area (Å²) in [6, 6.07) is 0. The summed E-state index contributed by atoms with van der Waals surface area (Å²) in [7, 11) is 0. The van der Waals surface area contributed by atoms with Gasteiger partial charge in [0, 0.05) is 0 Å². The van der Waals surface area contributed by atoms with Gasteiger partial charge in [-0.25, -0.2) is 12.6 Å². The van der Waals surface area contributed by atoms with Crippen LogP contribution in [-0.2, 0) is 0 Å². The predicted octanol–water partition coefficient (Wildman–Crippen LogP) is 1.30. The Morgan fingerprint density at radius 1 is 1.33 bits per heavy atom. The maximum absolute atomic E-state index is 10.8. The molecule has 0 aromatic carbocycles. The summed E-state index contributed by atoms with van der Waals surface area (Å²) in [5.74, 6) is 0. The van der Waals surface area contributed by atoms with E-state index in [1.165, 1.54) is 0 Å². The molecule has 0 radical (unpaired) electrons. The number of hydrogen-bond donors (Lipinski definition) is 1. The Morgan fingerprint density at radius 2 is 1.50 bits per heavy atom. The summed E-state index contributed by atoms with van der Waals surface area (Å²) < 4.78 is 32.3. The van der Waals surface area contributed by atoms with Crippen LogP contribution < -0.4 is 0 Å². The monoisotopic (exact) mass is 115 g/mol. The Hall–Kier alpha value is 0.205. The van der Waals surface area contributed by atoms with Gasteiger partial charge in [0.25, 0.3) is 0 Å². The van der Waals surface area contributed by atoms with Crippen LogP contribution in [-0.4, -0.2) is 12.6 Å². The Kier molecular flexibility index (Phi) is 1.83. The zero-order valence-corrected chi connectivity index (χ0v) is 3.76. The fourth-order valence-corrected chi connectivity index (χ4v) is 0. The highest BCUT2D eigenvalue weighted by Crippen LogP contribution is 2.07. The molecule has 0 aromatic heterocycles. The van der Waals surface area contributed by atoms with Crippen molar-refractivity contribution in [3.05, 3.63) is 0 Å². The second-order valence-electron chi connectivity index (χ2n) is 0.893. The molecule has 0 saturated carbocycles. The van der Waals surface area contributed by atoms with Crippen molar-refractivity contribution < 1.29 is 12.9 Å². The normalized spacial score (nSPS) is 12.0. The van der Waals surface area contributed by atoms with Crippen molar-refractivity contribution >= 4 is 19.6 Å². The number of rotatable bonds is 1. The molecule has 0 aromatic rings. The summed E-state index contributed by atoms with van der Waals surface area (Å²) in [5, 5.41) is 0. The number of thiol groups is 1. The minimum atomic E-state index is -4.62. The van der Waals surface area contributed by atoms with Crippen LogP contribution >= 0.6 is 12.6 Å². The standard InChI is InChI=1S/CH3BF3S/c3-2(4,5)1-6/h6H,1H2/q-1. The van der Waals surface area contributed by atoms with Gasteiger partial charge >= 0.3 is 6.98 Å². The topological polar surface area (TPSA) is 0 Å². The van der Waals surface area contributed by atoms with Crippen molar-refractivity contribution in [3.8, 4) is 0 Å². The first-order valence-electron chi connectivity index (χ1n) is 1.38. The molecule has 0 fully saturated rings. The molecule has 0 rings (SSSR count). The lowest BCUT2D eigenvalue weighted by atomic mass is 9.98. The summed E-state index contributed by atoms with van der Waals surface area (Å²) in [6.07, 6.45) is 0. The second kappa shape index (κ2) is 1.77. The van der Waals surface area contributed by atoms with Crippen LogP contribution in [0.15, 0.2) is 0 Å². The highest BCUT2D eigenvalue weighted by atomic mass is 32.1. The van der Waals surface area contributed by atoms with E-state index in [0.29, 0.717) is 0 Å². The lowest BCUT2D eigenvalue weighted by Gasteiger charge is -2.05. The van der Waals surface area contributed by atoms with Crippen LogP contribution in [0.1, 0.15) is 0 Å². The van der Waals surface area contributed by atoms with E-state index in [-0.39, 0.29) is 0 Å². The Morgan fingerprint density at radius 3 is 1.50 bits per heavy atom. The van der Waals surface area contributed by atoms with Crippen LogP contribution in [0.2, 0.25) is 0 Å². The fraction of sp³-hybridized carbons (Fsp3) is 1.00. The van der Waals surface area contributed by atoms with E-state index in [0.717, 1.165) is 0 Å². The minimum Gasteiger partial charge on any atom is -0.448 e. The van der Waals surface area contributed by atoms with E-state index >= 15 is 0 Å². The highest BCUT2D eigenvalue weighted by molar-refractivity contribution is 7.82. The number of hydrogen-bond acceptors (Lipinski definition) is 1. The molecule has 38 valence electrons. The molecule has 0 atom stereocenters. The van der Waals surface area contributed by atoms with Gasteiger partial charge in [-0.3, -0.25) is 0 Å². The molecule has 0 bridgehead atoms. The third-order valence-electron chi connectivity index (χ3n) is 0.207. The van der Waals surface area contributed by atoms with Crippen molar-refractivity contribution in [3.63, 3.8) is 0 Å². The van der Waals surface area contributed by atoms with E-state index in [9.17, 15) is 12.9 Å². The molecule has 5 heteroatoms. The van der Waals surface area contributed by atoms with Crippen molar-refractivity contribution in [1.29, 1.82) is 0 Å². The summed E-state index contributed by atoms with van der Waals surface area (Å²) >= 11 is 3.00. The van der Waals surface area contributed by atoms with E-state index in [1.54, 1.807) is 0 Å². The van der Waals surface area contributed by atoms with Crippen molar-refractivity contribution in [2.45, 2.75) is 0 Å². The zero-order valence-electron chi connectivity index (χ0n) is 2.87. The van der Waals surface area contributed by atoms with Gasteiger partial charge in [0.2, 0.25) is 0 Å². The molecule has 0 aliphatic rings. The second-order valence-corrected chi connectivity index (χ2v) is 1.26. The summed E-state index contributed by atoms with van der Waals surface area (Å²) in [6.45, 7) is -4.62. The zero-order chi connectivity index (χ0) is 5.21. The molecule has 6 heavy (non-hydrogen) atoms. The lowest BCUT2D eigenvalue weighted by molar-refractivity contribution is 0.485. The van der Waals surface area contributed by atoms with E-state index in [2.05, 4.69) is 12.6 Å². The van der Waals surface area contributed by atoms with Crippen molar-refractivity contribution in [2.24, 2.45) is 0 Å². The first-order valence-corrected chi connectivity index (χ1v) is 2.01. The minimum absolute atomic E-state index is 0.972. The quantitative estimate of drug-likeness (QED) is 0.386. The van der Waals surface area contributed by atoms with Gasteiger partial charge in [0.15, 0.2) is 0 Å². The van der Waals surface area contributed by atoms with E-state index in [4.69, 9.17) is 0 Å². The maximum Gasteiger partial charge on any atom is 0.487 e. The van der Waals surface area contributed by atoms with Crippen LogP contribution in [0, 0.1) is 0 Å². The highest BCUT2D eigenvalue weighted by Gasteiger charge is 2.18. The molecule has 0 aliphatic heterocycles. The van der Waals surface area contributed by atoms with E-state index in [1.807, 2.05) is 0 Å². The van der Waals surface area contributed by atoms with Crippen molar-refractivity contribution in [1.82, 2.24) is 0 Å².